The fourth-order valence-electron chi connectivity index (χ4n) is 2.45. The molecule has 82 valence electrons. The normalized spacial score (nSPS) is 29.1. The number of hydrogen-bond acceptors (Lipinski definition) is 1. The third-order valence-corrected chi connectivity index (χ3v) is 3.82. The van der Waals surface area contributed by atoms with Crippen LogP contribution in [-0.2, 0) is 6.42 Å². The Labute approximate surface area is 92.9 Å². The van der Waals surface area contributed by atoms with Crippen molar-refractivity contribution in [2.75, 3.05) is 13.6 Å². The van der Waals surface area contributed by atoms with E-state index in [0.29, 0.717) is 5.41 Å². The van der Waals surface area contributed by atoms with Crippen LogP contribution in [0.15, 0.2) is 30.3 Å². The van der Waals surface area contributed by atoms with Crippen molar-refractivity contribution in [3.8, 4) is 0 Å². The third kappa shape index (κ3) is 2.60. The Balaban J connectivity index is 1.80. The Kier molecular flexibility index (Phi) is 3.11. The number of aryl methyl sites for hydroxylation is 1. The molecule has 1 aliphatic carbocycles. The van der Waals surface area contributed by atoms with Gasteiger partial charge in [-0.25, -0.2) is 0 Å². The lowest BCUT2D eigenvalue weighted by Gasteiger charge is -2.10. The summed E-state index contributed by atoms with van der Waals surface area (Å²) in [6.07, 6.45) is 3.97. The molecule has 2 unspecified atom stereocenters. The molecule has 0 aliphatic heterocycles. The highest BCUT2D eigenvalue weighted by molar-refractivity contribution is 5.15. The van der Waals surface area contributed by atoms with E-state index in [-0.39, 0.29) is 0 Å². The minimum Gasteiger partial charge on any atom is -0.319 e. The molecule has 1 aliphatic rings. The van der Waals surface area contributed by atoms with Crippen LogP contribution in [-0.4, -0.2) is 13.6 Å². The molecule has 0 saturated heterocycles. The summed E-state index contributed by atoms with van der Waals surface area (Å²) in [6.45, 7) is 3.61. The maximum absolute atomic E-state index is 3.28. The molecule has 1 N–H and O–H groups in total. The van der Waals surface area contributed by atoms with Crippen LogP contribution in [0.5, 0.6) is 0 Å². The Hall–Kier alpha value is -0.820. The summed E-state index contributed by atoms with van der Waals surface area (Å²) in [6, 6.07) is 10.8. The van der Waals surface area contributed by atoms with Crippen molar-refractivity contribution < 1.29 is 0 Å². The van der Waals surface area contributed by atoms with Gasteiger partial charge in [0.05, 0.1) is 0 Å². The average molecular weight is 203 g/mol. The van der Waals surface area contributed by atoms with Crippen LogP contribution in [0.3, 0.4) is 0 Å². The quantitative estimate of drug-likeness (QED) is 0.776. The highest BCUT2D eigenvalue weighted by Crippen LogP contribution is 2.54. The third-order valence-electron chi connectivity index (χ3n) is 3.82. The zero-order chi connectivity index (χ0) is 10.7. The molecule has 1 aromatic rings. The van der Waals surface area contributed by atoms with Gasteiger partial charge < -0.3 is 5.32 Å². The minimum atomic E-state index is 0.610. The van der Waals surface area contributed by atoms with Crippen molar-refractivity contribution in [2.24, 2.45) is 11.3 Å². The second-order valence-electron chi connectivity index (χ2n) is 5.10. The lowest BCUT2D eigenvalue weighted by atomic mass is 9.96. The Morgan fingerprint density at radius 3 is 2.73 bits per heavy atom. The molecule has 2 atom stereocenters. The molecule has 1 nitrogen and oxygen atoms in total. The van der Waals surface area contributed by atoms with E-state index in [4.69, 9.17) is 0 Å². The first-order chi connectivity index (χ1) is 7.24. The van der Waals surface area contributed by atoms with Crippen LogP contribution in [0.2, 0.25) is 0 Å². The van der Waals surface area contributed by atoms with Crippen LogP contribution < -0.4 is 5.32 Å². The zero-order valence-electron chi connectivity index (χ0n) is 9.79. The molecule has 0 amide bonds. The molecule has 0 aromatic heterocycles. The number of hydrogen-bond donors (Lipinski definition) is 1. The van der Waals surface area contributed by atoms with Gasteiger partial charge in [0.1, 0.15) is 0 Å². The summed E-state index contributed by atoms with van der Waals surface area (Å²) in [5.41, 5.74) is 2.09. The minimum absolute atomic E-state index is 0.610. The van der Waals surface area contributed by atoms with Gasteiger partial charge in [0.2, 0.25) is 0 Å². The van der Waals surface area contributed by atoms with Crippen LogP contribution in [0.1, 0.15) is 25.3 Å². The second-order valence-corrected chi connectivity index (χ2v) is 5.10. The number of nitrogens with one attached hydrogen (secondary N) is 1. The van der Waals surface area contributed by atoms with E-state index in [0.717, 1.165) is 5.92 Å². The zero-order valence-corrected chi connectivity index (χ0v) is 9.79. The first kappa shape index (κ1) is 10.7. The molecule has 1 heteroatoms. The molecule has 1 fully saturated rings. The molecular weight excluding hydrogens is 182 g/mol. The summed E-state index contributed by atoms with van der Waals surface area (Å²) >= 11 is 0. The van der Waals surface area contributed by atoms with Gasteiger partial charge in [-0.2, -0.15) is 0 Å². The largest absolute Gasteiger partial charge is 0.319 e. The van der Waals surface area contributed by atoms with Gasteiger partial charge in [-0.1, -0.05) is 37.3 Å². The summed E-state index contributed by atoms with van der Waals surface area (Å²) in [4.78, 5) is 0. The number of rotatable bonds is 5. The Morgan fingerprint density at radius 2 is 2.07 bits per heavy atom. The predicted molar refractivity (Wildman–Crippen MR) is 64.9 cm³/mol. The summed E-state index contributed by atoms with van der Waals surface area (Å²) < 4.78 is 0. The van der Waals surface area contributed by atoms with Crippen LogP contribution in [0.4, 0.5) is 0 Å². The first-order valence-electron chi connectivity index (χ1n) is 5.93. The topological polar surface area (TPSA) is 12.0 Å². The van der Waals surface area contributed by atoms with Crippen molar-refractivity contribution in [2.45, 2.75) is 26.2 Å². The van der Waals surface area contributed by atoms with Crippen molar-refractivity contribution >= 4 is 0 Å². The summed E-state index contributed by atoms with van der Waals surface area (Å²) in [5.74, 6) is 0.909. The summed E-state index contributed by atoms with van der Waals surface area (Å²) in [7, 11) is 2.05. The molecule has 0 bridgehead atoms. The molecule has 15 heavy (non-hydrogen) atoms. The standard InChI is InChI=1S/C14H21N/c1-14(10-13(14)11-15-2)9-8-12-6-4-3-5-7-12/h3-7,13,15H,8-11H2,1-2H3. The fourth-order valence-corrected chi connectivity index (χ4v) is 2.45. The van der Waals surface area contributed by atoms with Crippen molar-refractivity contribution in [3.63, 3.8) is 0 Å². The van der Waals surface area contributed by atoms with Crippen LogP contribution in [0.25, 0.3) is 0 Å². The molecule has 0 spiro atoms. The van der Waals surface area contributed by atoms with Gasteiger partial charge in [-0.3, -0.25) is 0 Å². The molecule has 2 rings (SSSR count). The lowest BCUT2D eigenvalue weighted by Crippen LogP contribution is -2.14. The smallest absolute Gasteiger partial charge is 0.00181 e. The van der Waals surface area contributed by atoms with E-state index in [1.54, 1.807) is 0 Å². The van der Waals surface area contributed by atoms with Crippen LogP contribution in [0, 0.1) is 11.3 Å². The monoisotopic (exact) mass is 203 g/mol. The van der Waals surface area contributed by atoms with E-state index < -0.39 is 0 Å². The van der Waals surface area contributed by atoms with Gasteiger partial charge in [0.15, 0.2) is 0 Å². The van der Waals surface area contributed by atoms with Gasteiger partial charge in [0.25, 0.3) is 0 Å². The van der Waals surface area contributed by atoms with E-state index in [1.165, 1.54) is 31.4 Å². The lowest BCUT2D eigenvalue weighted by molar-refractivity contribution is 0.453. The average Bonchev–Trinajstić information content (AvgIpc) is 2.90. The molecule has 1 aromatic carbocycles. The molecular formula is C14H21N. The van der Waals surface area contributed by atoms with Gasteiger partial charge >= 0.3 is 0 Å². The highest BCUT2D eigenvalue weighted by atomic mass is 14.8. The molecule has 0 radical (unpaired) electrons. The van der Waals surface area contributed by atoms with Crippen molar-refractivity contribution in [1.82, 2.24) is 5.32 Å². The highest BCUT2D eigenvalue weighted by Gasteiger charge is 2.48. The maximum atomic E-state index is 3.28. The van der Waals surface area contributed by atoms with E-state index in [1.807, 2.05) is 0 Å². The van der Waals surface area contributed by atoms with E-state index in [9.17, 15) is 0 Å². The van der Waals surface area contributed by atoms with E-state index in [2.05, 4.69) is 49.6 Å². The Morgan fingerprint density at radius 1 is 1.33 bits per heavy atom. The maximum Gasteiger partial charge on any atom is -0.00181 e. The van der Waals surface area contributed by atoms with Crippen LogP contribution >= 0.6 is 0 Å². The van der Waals surface area contributed by atoms with Gasteiger partial charge in [0, 0.05) is 0 Å². The van der Waals surface area contributed by atoms with E-state index >= 15 is 0 Å². The molecule has 0 heterocycles. The predicted octanol–water partition coefficient (Wildman–Crippen LogP) is 2.86. The van der Waals surface area contributed by atoms with Crippen molar-refractivity contribution in [1.29, 1.82) is 0 Å². The van der Waals surface area contributed by atoms with Crippen molar-refractivity contribution in [3.05, 3.63) is 35.9 Å². The van der Waals surface area contributed by atoms with Gasteiger partial charge in [-0.05, 0) is 49.8 Å². The summed E-state index contributed by atoms with van der Waals surface area (Å²) in [5, 5.41) is 3.28. The fraction of sp³-hybridized carbons (Fsp3) is 0.571. The SMILES string of the molecule is CNCC1CC1(C)CCc1ccccc1. The second kappa shape index (κ2) is 4.36. The molecule has 1 saturated carbocycles. The first-order valence-corrected chi connectivity index (χ1v) is 5.93. The van der Waals surface area contributed by atoms with Gasteiger partial charge in [-0.15, -0.1) is 0 Å². The Bertz CT molecular complexity index is 306. The number of benzene rings is 1.